The van der Waals surface area contributed by atoms with Crippen LogP contribution >= 0.6 is 23.2 Å². The first-order valence-corrected chi connectivity index (χ1v) is 8.77. The molecule has 0 radical (unpaired) electrons. The maximum Gasteiger partial charge on any atom is 0.266 e. The van der Waals surface area contributed by atoms with Crippen molar-refractivity contribution in [1.82, 2.24) is 0 Å². The number of nitrogens with zero attached hydrogens (tertiary/aromatic N) is 3. The zero-order valence-corrected chi connectivity index (χ0v) is 16.1. The smallest absolute Gasteiger partial charge is 0.266 e. The van der Waals surface area contributed by atoms with Crippen molar-refractivity contribution in [2.24, 2.45) is 0 Å². The fraction of sp³-hybridized carbons (Fsp3) is 0.150. The van der Waals surface area contributed by atoms with Crippen molar-refractivity contribution < 1.29 is 4.79 Å². The summed E-state index contributed by atoms with van der Waals surface area (Å²) in [6, 6.07) is 16.2. The summed E-state index contributed by atoms with van der Waals surface area (Å²) in [6.45, 7) is 0.621. The van der Waals surface area contributed by atoms with Crippen molar-refractivity contribution in [3.05, 3.63) is 63.6 Å². The van der Waals surface area contributed by atoms with Crippen LogP contribution in [0.4, 0.5) is 11.4 Å². The van der Waals surface area contributed by atoms with Crippen molar-refractivity contribution in [3.63, 3.8) is 0 Å². The lowest BCUT2D eigenvalue weighted by molar-refractivity contribution is -0.112. The van der Waals surface area contributed by atoms with Crippen LogP contribution in [-0.2, 0) is 4.79 Å². The lowest BCUT2D eigenvalue weighted by Gasteiger charge is -2.17. The van der Waals surface area contributed by atoms with Crippen molar-refractivity contribution in [1.29, 1.82) is 10.5 Å². The number of hydrogen-bond donors (Lipinski definition) is 1. The number of carbonyl (C=O) groups excluding carboxylic acids is 1. The Hall–Kier alpha value is -2.99. The van der Waals surface area contributed by atoms with E-state index in [1.807, 2.05) is 30.1 Å². The zero-order valence-electron chi connectivity index (χ0n) is 14.5. The van der Waals surface area contributed by atoms with Gasteiger partial charge in [0.05, 0.1) is 28.2 Å². The first kappa shape index (κ1) is 20.3. The second-order valence-corrected chi connectivity index (χ2v) is 6.46. The lowest BCUT2D eigenvalue weighted by atomic mass is 10.1. The van der Waals surface area contributed by atoms with E-state index >= 15 is 0 Å². The topological polar surface area (TPSA) is 79.9 Å². The van der Waals surface area contributed by atoms with E-state index in [9.17, 15) is 10.1 Å². The number of halogens is 2. The predicted molar refractivity (Wildman–Crippen MR) is 109 cm³/mol. The summed E-state index contributed by atoms with van der Waals surface area (Å²) in [6.07, 6.45) is 1.92. The van der Waals surface area contributed by atoms with Gasteiger partial charge in [-0.1, -0.05) is 41.4 Å². The molecule has 7 heteroatoms. The first-order chi connectivity index (χ1) is 13.0. The number of carbonyl (C=O) groups is 1. The van der Waals surface area contributed by atoms with Crippen LogP contribution in [-0.4, -0.2) is 19.5 Å². The summed E-state index contributed by atoms with van der Waals surface area (Å²) in [5, 5.41) is 21.1. The Morgan fingerprint density at radius 1 is 1.15 bits per heavy atom. The molecule has 0 spiro atoms. The standard InChI is InChI=1S/C20H16Cl2N4O/c1-26(11-3-10-23)16-8-6-14(7-9-16)12-15(13-24)20(27)25-19-17(21)4-2-5-18(19)22/h2,4-9,12H,3,11H2,1H3,(H,25,27)/b15-12+. The Labute approximate surface area is 168 Å². The fourth-order valence-corrected chi connectivity index (χ4v) is 2.78. The van der Waals surface area contributed by atoms with Gasteiger partial charge in [0.15, 0.2) is 0 Å². The first-order valence-electron chi connectivity index (χ1n) is 8.01. The van der Waals surface area contributed by atoms with E-state index < -0.39 is 5.91 Å². The number of nitrogens with one attached hydrogen (secondary N) is 1. The molecule has 0 fully saturated rings. The van der Waals surface area contributed by atoms with Gasteiger partial charge in [-0.15, -0.1) is 0 Å². The molecule has 0 aliphatic carbocycles. The molecule has 0 aromatic heterocycles. The van der Waals surface area contributed by atoms with Crippen LogP contribution in [0.5, 0.6) is 0 Å². The minimum atomic E-state index is -0.595. The summed E-state index contributed by atoms with van der Waals surface area (Å²) in [4.78, 5) is 14.3. The Kier molecular flexibility index (Phi) is 7.25. The average molecular weight is 399 g/mol. The summed E-state index contributed by atoms with van der Waals surface area (Å²) in [7, 11) is 1.89. The maximum atomic E-state index is 12.4. The van der Waals surface area contributed by atoms with Crippen LogP contribution in [0, 0.1) is 22.7 Å². The van der Waals surface area contributed by atoms with Gasteiger partial charge in [-0.3, -0.25) is 4.79 Å². The normalized spacial score (nSPS) is 10.6. The van der Waals surface area contributed by atoms with Crippen LogP contribution in [0.2, 0.25) is 10.0 Å². The second-order valence-electron chi connectivity index (χ2n) is 5.64. The minimum absolute atomic E-state index is 0.0726. The molecule has 1 amide bonds. The predicted octanol–water partition coefficient (Wildman–Crippen LogP) is 4.89. The highest BCUT2D eigenvalue weighted by atomic mass is 35.5. The van der Waals surface area contributed by atoms with E-state index in [-0.39, 0.29) is 21.3 Å². The quantitative estimate of drug-likeness (QED) is 0.554. The summed E-state index contributed by atoms with van der Waals surface area (Å²) >= 11 is 12.1. The van der Waals surface area contributed by atoms with Gasteiger partial charge in [-0.05, 0) is 35.9 Å². The van der Waals surface area contributed by atoms with Crippen LogP contribution in [0.15, 0.2) is 48.0 Å². The summed E-state index contributed by atoms with van der Waals surface area (Å²) in [5.41, 5.74) is 1.83. The van der Waals surface area contributed by atoms with Crippen molar-refractivity contribution in [3.8, 4) is 12.1 Å². The third-order valence-corrected chi connectivity index (χ3v) is 4.40. The van der Waals surface area contributed by atoms with E-state index in [2.05, 4.69) is 11.4 Å². The second kappa shape index (κ2) is 9.64. The molecule has 0 aliphatic heterocycles. The van der Waals surface area contributed by atoms with Gasteiger partial charge in [0.2, 0.25) is 0 Å². The van der Waals surface area contributed by atoms with Crippen molar-refractivity contribution in [2.45, 2.75) is 6.42 Å². The number of benzene rings is 2. The number of para-hydroxylation sites is 1. The Bertz CT molecular complexity index is 920. The number of rotatable bonds is 6. The lowest BCUT2D eigenvalue weighted by Crippen LogP contribution is -2.17. The third kappa shape index (κ3) is 5.49. The Morgan fingerprint density at radius 3 is 2.33 bits per heavy atom. The molecule has 0 aliphatic rings. The number of hydrogen-bond acceptors (Lipinski definition) is 4. The highest BCUT2D eigenvalue weighted by Gasteiger charge is 2.14. The van der Waals surface area contributed by atoms with E-state index in [1.165, 1.54) is 6.08 Å². The zero-order chi connectivity index (χ0) is 19.8. The van der Waals surface area contributed by atoms with Crippen LogP contribution in [0.1, 0.15) is 12.0 Å². The number of anilines is 2. The largest absolute Gasteiger partial charge is 0.374 e. The molecule has 0 bridgehead atoms. The molecule has 0 atom stereocenters. The van der Waals surface area contributed by atoms with Gasteiger partial charge in [-0.2, -0.15) is 10.5 Å². The minimum Gasteiger partial charge on any atom is -0.374 e. The van der Waals surface area contributed by atoms with E-state index in [1.54, 1.807) is 30.3 Å². The molecule has 0 unspecified atom stereocenters. The van der Waals surface area contributed by atoms with Gasteiger partial charge >= 0.3 is 0 Å². The molecule has 0 saturated carbocycles. The van der Waals surface area contributed by atoms with Gasteiger partial charge in [-0.25, -0.2) is 0 Å². The Morgan fingerprint density at radius 2 is 1.78 bits per heavy atom. The maximum absolute atomic E-state index is 12.4. The molecular weight excluding hydrogens is 383 g/mol. The molecule has 0 heterocycles. The van der Waals surface area contributed by atoms with Crippen molar-refractivity contribution >= 4 is 46.6 Å². The molecule has 5 nitrogen and oxygen atoms in total. The fourth-order valence-electron chi connectivity index (χ4n) is 2.29. The van der Waals surface area contributed by atoms with E-state index in [0.29, 0.717) is 18.5 Å². The molecule has 2 aromatic carbocycles. The van der Waals surface area contributed by atoms with Crippen LogP contribution < -0.4 is 10.2 Å². The van der Waals surface area contributed by atoms with E-state index in [0.717, 1.165) is 5.69 Å². The van der Waals surface area contributed by atoms with Crippen LogP contribution in [0.3, 0.4) is 0 Å². The van der Waals surface area contributed by atoms with Gasteiger partial charge in [0, 0.05) is 19.3 Å². The highest BCUT2D eigenvalue weighted by molar-refractivity contribution is 6.40. The number of amides is 1. The molecule has 0 saturated heterocycles. The van der Waals surface area contributed by atoms with Gasteiger partial charge in [0.1, 0.15) is 11.6 Å². The van der Waals surface area contributed by atoms with Crippen LogP contribution in [0.25, 0.3) is 6.08 Å². The molecule has 2 aromatic rings. The molecule has 2 rings (SSSR count). The van der Waals surface area contributed by atoms with Crippen molar-refractivity contribution in [2.75, 3.05) is 23.8 Å². The third-order valence-electron chi connectivity index (χ3n) is 3.77. The van der Waals surface area contributed by atoms with E-state index in [4.69, 9.17) is 28.5 Å². The average Bonchev–Trinajstić information content (AvgIpc) is 2.67. The molecule has 27 heavy (non-hydrogen) atoms. The summed E-state index contributed by atoms with van der Waals surface area (Å²) in [5.74, 6) is -0.595. The molecular formula is C20H16Cl2N4O. The highest BCUT2D eigenvalue weighted by Crippen LogP contribution is 2.30. The SMILES string of the molecule is CN(CCC#N)c1ccc(/C=C(\C#N)C(=O)Nc2c(Cl)cccc2Cl)cc1. The molecule has 1 N–H and O–H groups in total. The monoisotopic (exact) mass is 398 g/mol. The van der Waals surface area contributed by atoms with Gasteiger partial charge < -0.3 is 10.2 Å². The Balaban J connectivity index is 2.17. The molecule has 136 valence electrons. The summed E-state index contributed by atoms with van der Waals surface area (Å²) < 4.78 is 0. The van der Waals surface area contributed by atoms with Gasteiger partial charge in [0.25, 0.3) is 5.91 Å². The number of nitriles is 2.